The van der Waals surface area contributed by atoms with Crippen molar-refractivity contribution in [2.75, 3.05) is 19.8 Å². The van der Waals surface area contributed by atoms with E-state index >= 15 is 0 Å². The monoisotopic (exact) mass is 332 g/mol. The van der Waals surface area contributed by atoms with Crippen LogP contribution < -0.4 is 4.74 Å². The van der Waals surface area contributed by atoms with Gasteiger partial charge in [-0.15, -0.1) is 0 Å². The highest BCUT2D eigenvalue weighted by atomic mass is 79.9. The Bertz CT molecular complexity index is 419. The van der Waals surface area contributed by atoms with Crippen molar-refractivity contribution in [3.05, 3.63) is 28.0 Å². The Hall–Kier alpha value is -0.650. The first-order valence-electron chi connectivity index (χ1n) is 6.54. The molecule has 1 N–H and O–H groups in total. The van der Waals surface area contributed by atoms with Gasteiger partial charge < -0.3 is 14.6 Å². The van der Waals surface area contributed by atoms with E-state index in [9.17, 15) is 4.39 Å². The molecular formula is C14H18BrFO3. The van der Waals surface area contributed by atoms with Crippen molar-refractivity contribution in [1.82, 2.24) is 0 Å². The van der Waals surface area contributed by atoms with Gasteiger partial charge in [-0.05, 0) is 25.0 Å². The van der Waals surface area contributed by atoms with Crippen LogP contribution in [0.15, 0.2) is 16.6 Å². The van der Waals surface area contributed by atoms with Crippen LogP contribution in [0.4, 0.5) is 4.39 Å². The smallest absolute Gasteiger partial charge is 0.131 e. The second-order valence-electron chi connectivity index (χ2n) is 4.62. The summed E-state index contributed by atoms with van der Waals surface area (Å²) >= 11 is 3.29. The summed E-state index contributed by atoms with van der Waals surface area (Å²) in [5.41, 5.74) is 0.545. The molecule has 1 aliphatic rings. The number of ether oxygens (including phenoxy) is 2. The highest BCUT2D eigenvalue weighted by molar-refractivity contribution is 9.10. The average molecular weight is 333 g/mol. The molecule has 19 heavy (non-hydrogen) atoms. The normalized spacial score (nSPS) is 16.6. The zero-order valence-corrected chi connectivity index (χ0v) is 12.3. The Kier molecular flexibility index (Phi) is 5.60. The molecule has 0 aromatic heterocycles. The van der Waals surface area contributed by atoms with Crippen molar-refractivity contribution < 1.29 is 19.0 Å². The van der Waals surface area contributed by atoms with Crippen LogP contribution in [0.3, 0.4) is 0 Å². The first-order valence-corrected chi connectivity index (χ1v) is 7.33. The molecule has 0 radical (unpaired) electrons. The van der Waals surface area contributed by atoms with Crippen LogP contribution >= 0.6 is 15.9 Å². The third kappa shape index (κ3) is 4.16. The predicted molar refractivity (Wildman–Crippen MR) is 74.0 cm³/mol. The first-order chi connectivity index (χ1) is 9.20. The maximum absolute atomic E-state index is 14.0. The molecule has 0 spiro atoms. The van der Waals surface area contributed by atoms with Gasteiger partial charge in [0.2, 0.25) is 0 Å². The van der Waals surface area contributed by atoms with Crippen LogP contribution in [-0.2, 0) is 11.2 Å². The summed E-state index contributed by atoms with van der Waals surface area (Å²) in [7, 11) is 0. The van der Waals surface area contributed by atoms with Crippen molar-refractivity contribution in [2.45, 2.75) is 31.8 Å². The number of hydrogen-bond acceptors (Lipinski definition) is 3. The van der Waals surface area contributed by atoms with Gasteiger partial charge in [0.15, 0.2) is 0 Å². The Morgan fingerprint density at radius 2 is 2.11 bits per heavy atom. The number of aliphatic hydroxyl groups is 1. The number of aliphatic hydroxyl groups excluding tert-OH is 1. The summed E-state index contributed by atoms with van der Waals surface area (Å²) in [5.74, 6) is 0.289. The summed E-state index contributed by atoms with van der Waals surface area (Å²) in [5, 5.41) is 8.90. The molecule has 1 aromatic rings. The van der Waals surface area contributed by atoms with E-state index in [1.165, 1.54) is 6.07 Å². The van der Waals surface area contributed by atoms with E-state index in [-0.39, 0.29) is 18.5 Å². The molecule has 1 fully saturated rings. The van der Waals surface area contributed by atoms with E-state index in [1.54, 1.807) is 6.07 Å². The minimum Gasteiger partial charge on any atom is -0.490 e. The molecule has 5 heteroatoms. The Morgan fingerprint density at radius 3 is 2.79 bits per heavy atom. The molecule has 1 heterocycles. The van der Waals surface area contributed by atoms with Crippen molar-refractivity contribution >= 4 is 15.9 Å². The van der Waals surface area contributed by atoms with Crippen molar-refractivity contribution in [1.29, 1.82) is 0 Å². The van der Waals surface area contributed by atoms with Crippen molar-refractivity contribution in [2.24, 2.45) is 0 Å². The van der Waals surface area contributed by atoms with Crippen LogP contribution in [0, 0.1) is 5.82 Å². The van der Waals surface area contributed by atoms with E-state index < -0.39 is 0 Å². The lowest BCUT2D eigenvalue weighted by atomic mass is 10.1. The third-order valence-corrected chi connectivity index (χ3v) is 3.62. The fourth-order valence-corrected chi connectivity index (χ4v) is 2.57. The number of rotatable bonds is 5. The second-order valence-corrected chi connectivity index (χ2v) is 5.54. The van der Waals surface area contributed by atoms with Gasteiger partial charge in [-0.2, -0.15) is 0 Å². The zero-order valence-electron chi connectivity index (χ0n) is 10.7. The van der Waals surface area contributed by atoms with Crippen LogP contribution in [0.5, 0.6) is 5.75 Å². The molecule has 1 aromatic carbocycles. The van der Waals surface area contributed by atoms with E-state index in [0.29, 0.717) is 41.8 Å². The number of hydrogen-bond donors (Lipinski definition) is 1. The zero-order chi connectivity index (χ0) is 13.7. The summed E-state index contributed by atoms with van der Waals surface area (Å²) in [6, 6.07) is 3.23. The third-order valence-electron chi connectivity index (χ3n) is 3.17. The van der Waals surface area contributed by atoms with Gasteiger partial charge in [0.1, 0.15) is 17.7 Å². The molecule has 0 amide bonds. The first kappa shape index (κ1) is 14.8. The van der Waals surface area contributed by atoms with Crippen molar-refractivity contribution in [3.8, 4) is 5.75 Å². The largest absolute Gasteiger partial charge is 0.490 e. The highest BCUT2D eigenvalue weighted by Crippen LogP contribution is 2.30. The van der Waals surface area contributed by atoms with Crippen LogP contribution in [0.2, 0.25) is 0 Å². The average Bonchev–Trinajstić information content (AvgIpc) is 2.39. The maximum atomic E-state index is 14.0. The lowest BCUT2D eigenvalue weighted by molar-refractivity contribution is 0.0250. The van der Waals surface area contributed by atoms with E-state index in [4.69, 9.17) is 14.6 Å². The SMILES string of the molecule is OCCCc1c(F)cc(Br)cc1OC1CCOCC1. The molecule has 2 rings (SSSR count). The molecule has 3 nitrogen and oxygen atoms in total. The van der Waals surface area contributed by atoms with Gasteiger partial charge in [-0.3, -0.25) is 0 Å². The van der Waals surface area contributed by atoms with Gasteiger partial charge in [-0.1, -0.05) is 15.9 Å². The van der Waals surface area contributed by atoms with Gasteiger partial charge in [-0.25, -0.2) is 4.39 Å². The summed E-state index contributed by atoms with van der Waals surface area (Å²) in [6.45, 7) is 1.42. The standard InChI is InChI=1S/C14H18BrFO3/c15-10-8-13(16)12(2-1-5-17)14(9-10)19-11-3-6-18-7-4-11/h8-9,11,17H,1-7H2. The molecule has 1 saturated heterocycles. The van der Waals surface area contributed by atoms with E-state index in [1.807, 2.05) is 0 Å². The van der Waals surface area contributed by atoms with Gasteiger partial charge >= 0.3 is 0 Å². The quantitative estimate of drug-likeness (QED) is 0.900. The second kappa shape index (κ2) is 7.22. The Balaban J connectivity index is 2.15. The maximum Gasteiger partial charge on any atom is 0.131 e. The van der Waals surface area contributed by atoms with Crippen LogP contribution in [-0.4, -0.2) is 31.0 Å². The highest BCUT2D eigenvalue weighted by Gasteiger charge is 2.19. The number of halogens is 2. The molecule has 1 aliphatic heterocycles. The lowest BCUT2D eigenvalue weighted by Gasteiger charge is -2.25. The van der Waals surface area contributed by atoms with Gasteiger partial charge in [0.25, 0.3) is 0 Å². The molecule has 0 unspecified atom stereocenters. The van der Waals surface area contributed by atoms with Crippen LogP contribution in [0.1, 0.15) is 24.8 Å². The molecule has 0 bridgehead atoms. The minimum absolute atomic E-state index is 0.0478. The summed E-state index contributed by atoms with van der Waals surface area (Å²) < 4.78 is 25.8. The minimum atomic E-state index is -0.287. The van der Waals surface area contributed by atoms with Crippen LogP contribution in [0.25, 0.3) is 0 Å². The summed E-state index contributed by atoms with van der Waals surface area (Å²) in [6.07, 6.45) is 2.74. The summed E-state index contributed by atoms with van der Waals surface area (Å²) in [4.78, 5) is 0. The fraction of sp³-hybridized carbons (Fsp3) is 0.571. The lowest BCUT2D eigenvalue weighted by Crippen LogP contribution is -2.26. The molecule has 0 aliphatic carbocycles. The van der Waals surface area contributed by atoms with Crippen molar-refractivity contribution in [3.63, 3.8) is 0 Å². The molecule has 0 saturated carbocycles. The predicted octanol–water partition coefficient (Wildman–Crippen LogP) is 3.07. The molecular weight excluding hydrogens is 315 g/mol. The van der Waals surface area contributed by atoms with Gasteiger partial charge in [0, 0.05) is 29.5 Å². The Morgan fingerprint density at radius 1 is 1.37 bits per heavy atom. The Labute approximate surface area is 120 Å². The fourth-order valence-electron chi connectivity index (χ4n) is 2.16. The molecule has 106 valence electrons. The molecule has 0 atom stereocenters. The topological polar surface area (TPSA) is 38.7 Å². The van der Waals surface area contributed by atoms with E-state index in [2.05, 4.69) is 15.9 Å². The number of benzene rings is 1. The van der Waals surface area contributed by atoms with Gasteiger partial charge in [0.05, 0.1) is 13.2 Å². The van der Waals surface area contributed by atoms with E-state index in [0.717, 1.165) is 12.8 Å².